The topological polar surface area (TPSA) is 49.8 Å². The standard InChI is InChI=1S/C18H13Cl2NO3S2/c1-2-24-15-5-10(3-4-14(15)22)6-16-17(23)21(18(25)26-16)13-8-11(19)7-12(20)9-13/h3-9,22H,2H2,1H3/b16-6-. The molecule has 1 aliphatic rings. The van der Waals surface area contributed by atoms with Crippen molar-refractivity contribution in [3.8, 4) is 11.5 Å². The van der Waals surface area contributed by atoms with Crippen LogP contribution >= 0.6 is 47.2 Å². The number of phenolic OH excluding ortho intramolecular Hbond substituents is 1. The number of rotatable bonds is 4. The van der Waals surface area contributed by atoms with Crippen LogP contribution in [0.4, 0.5) is 5.69 Å². The largest absolute Gasteiger partial charge is 0.504 e. The van der Waals surface area contributed by atoms with Crippen LogP contribution in [0.15, 0.2) is 41.3 Å². The lowest BCUT2D eigenvalue weighted by Gasteiger charge is -2.15. The highest BCUT2D eigenvalue weighted by atomic mass is 35.5. The van der Waals surface area contributed by atoms with E-state index in [4.69, 9.17) is 40.2 Å². The molecule has 1 saturated heterocycles. The normalized spacial score (nSPS) is 15.8. The van der Waals surface area contributed by atoms with Gasteiger partial charge in [0.1, 0.15) is 0 Å². The van der Waals surface area contributed by atoms with Crippen molar-refractivity contribution >= 4 is 69.2 Å². The van der Waals surface area contributed by atoms with E-state index in [0.717, 1.165) is 5.56 Å². The number of nitrogens with zero attached hydrogens (tertiary/aromatic N) is 1. The van der Waals surface area contributed by atoms with Crippen molar-refractivity contribution in [3.05, 3.63) is 56.9 Å². The number of thioether (sulfide) groups is 1. The lowest BCUT2D eigenvalue weighted by Crippen LogP contribution is -2.27. The Labute approximate surface area is 170 Å². The number of amides is 1. The van der Waals surface area contributed by atoms with E-state index in [1.54, 1.807) is 36.4 Å². The molecule has 1 heterocycles. The first-order valence-electron chi connectivity index (χ1n) is 7.59. The molecule has 134 valence electrons. The molecule has 0 radical (unpaired) electrons. The van der Waals surface area contributed by atoms with Crippen LogP contribution < -0.4 is 9.64 Å². The van der Waals surface area contributed by atoms with Gasteiger partial charge in [0.05, 0.1) is 17.2 Å². The Morgan fingerprint density at radius 2 is 1.92 bits per heavy atom. The Kier molecular flexibility index (Phi) is 5.77. The van der Waals surface area contributed by atoms with Gasteiger partial charge >= 0.3 is 0 Å². The van der Waals surface area contributed by atoms with Crippen LogP contribution in [0.2, 0.25) is 10.0 Å². The summed E-state index contributed by atoms with van der Waals surface area (Å²) in [5, 5.41) is 10.6. The average molecular weight is 426 g/mol. The van der Waals surface area contributed by atoms with Crippen LogP contribution in [0.25, 0.3) is 6.08 Å². The van der Waals surface area contributed by atoms with E-state index in [1.165, 1.54) is 22.7 Å². The molecule has 1 amide bonds. The maximum absolute atomic E-state index is 12.8. The zero-order valence-electron chi connectivity index (χ0n) is 13.5. The van der Waals surface area contributed by atoms with E-state index in [9.17, 15) is 9.90 Å². The second kappa shape index (κ2) is 7.88. The van der Waals surface area contributed by atoms with Gasteiger partial charge < -0.3 is 9.84 Å². The molecule has 0 unspecified atom stereocenters. The number of thiocarbonyl (C=S) groups is 1. The van der Waals surface area contributed by atoms with Crippen molar-refractivity contribution in [1.29, 1.82) is 0 Å². The molecular weight excluding hydrogens is 413 g/mol. The number of anilines is 1. The molecule has 0 atom stereocenters. The monoisotopic (exact) mass is 425 g/mol. The van der Waals surface area contributed by atoms with Crippen LogP contribution in [0.5, 0.6) is 11.5 Å². The Morgan fingerprint density at radius 3 is 2.58 bits per heavy atom. The molecule has 2 aromatic carbocycles. The van der Waals surface area contributed by atoms with Gasteiger partial charge in [-0.15, -0.1) is 0 Å². The third-order valence-corrected chi connectivity index (χ3v) is 5.22. The molecule has 0 aromatic heterocycles. The quantitative estimate of drug-likeness (QED) is 0.517. The summed E-state index contributed by atoms with van der Waals surface area (Å²) in [5.41, 5.74) is 1.24. The summed E-state index contributed by atoms with van der Waals surface area (Å²) in [6.07, 6.45) is 1.70. The smallest absolute Gasteiger partial charge is 0.270 e. The molecule has 4 nitrogen and oxygen atoms in total. The second-order valence-electron chi connectivity index (χ2n) is 5.30. The first kappa shape index (κ1) is 19.0. The molecule has 0 saturated carbocycles. The van der Waals surface area contributed by atoms with Crippen molar-refractivity contribution in [1.82, 2.24) is 0 Å². The Morgan fingerprint density at radius 1 is 1.23 bits per heavy atom. The van der Waals surface area contributed by atoms with E-state index < -0.39 is 0 Å². The van der Waals surface area contributed by atoms with Crippen LogP contribution in [-0.4, -0.2) is 21.9 Å². The van der Waals surface area contributed by atoms with Crippen molar-refractivity contribution in [3.63, 3.8) is 0 Å². The first-order valence-corrected chi connectivity index (χ1v) is 9.57. The van der Waals surface area contributed by atoms with Gasteiger partial charge in [0.15, 0.2) is 15.8 Å². The van der Waals surface area contributed by atoms with Crippen LogP contribution in [0.1, 0.15) is 12.5 Å². The van der Waals surface area contributed by atoms with E-state index in [0.29, 0.717) is 37.3 Å². The lowest BCUT2D eigenvalue weighted by atomic mass is 10.2. The van der Waals surface area contributed by atoms with Gasteiger partial charge in [0.2, 0.25) is 0 Å². The number of hydrogen-bond donors (Lipinski definition) is 1. The molecule has 1 N–H and O–H groups in total. The Hall–Kier alpha value is -1.73. The van der Waals surface area contributed by atoms with Gasteiger partial charge in [-0.2, -0.15) is 0 Å². The van der Waals surface area contributed by atoms with E-state index in [1.807, 2.05) is 6.92 Å². The van der Waals surface area contributed by atoms with Gasteiger partial charge in [-0.05, 0) is 48.9 Å². The first-order chi connectivity index (χ1) is 12.4. The van der Waals surface area contributed by atoms with Gasteiger partial charge in [0.25, 0.3) is 5.91 Å². The molecule has 0 aliphatic carbocycles. The van der Waals surface area contributed by atoms with Gasteiger partial charge in [-0.1, -0.05) is 53.2 Å². The average Bonchev–Trinajstić information content (AvgIpc) is 2.84. The highest BCUT2D eigenvalue weighted by molar-refractivity contribution is 8.27. The highest BCUT2D eigenvalue weighted by Gasteiger charge is 2.33. The number of halogens is 2. The molecular formula is C18H13Cl2NO3S2. The molecule has 2 aromatic rings. The van der Waals surface area contributed by atoms with Crippen molar-refractivity contribution in [2.24, 2.45) is 0 Å². The maximum Gasteiger partial charge on any atom is 0.270 e. The zero-order valence-corrected chi connectivity index (χ0v) is 16.7. The van der Waals surface area contributed by atoms with Crippen molar-refractivity contribution in [2.75, 3.05) is 11.5 Å². The molecule has 1 aliphatic heterocycles. The summed E-state index contributed by atoms with van der Waals surface area (Å²) in [5.74, 6) is 0.146. The predicted octanol–water partition coefficient (Wildman–Crippen LogP) is 5.50. The second-order valence-corrected chi connectivity index (χ2v) is 7.85. The van der Waals surface area contributed by atoms with E-state index in [-0.39, 0.29) is 11.7 Å². The summed E-state index contributed by atoms with van der Waals surface area (Å²) in [6, 6.07) is 9.74. The number of carbonyl (C=O) groups excluding carboxylic acids is 1. The van der Waals surface area contributed by atoms with Crippen LogP contribution in [-0.2, 0) is 4.79 Å². The summed E-state index contributed by atoms with van der Waals surface area (Å²) < 4.78 is 5.76. The van der Waals surface area contributed by atoms with Gasteiger partial charge in [-0.25, -0.2) is 0 Å². The minimum atomic E-state index is -0.260. The number of ether oxygens (including phenoxy) is 1. The minimum Gasteiger partial charge on any atom is -0.504 e. The third-order valence-electron chi connectivity index (χ3n) is 3.48. The van der Waals surface area contributed by atoms with E-state index in [2.05, 4.69) is 0 Å². The number of phenols is 1. The molecule has 8 heteroatoms. The predicted molar refractivity (Wildman–Crippen MR) is 111 cm³/mol. The van der Waals surface area contributed by atoms with Crippen LogP contribution in [0, 0.1) is 0 Å². The number of aromatic hydroxyl groups is 1. The van der Waals surface area contributed by atoms with Gasteiger partial charge in [-0.3, -0.25) is 9.69 Å². The minimum absolute atomic E-state index is 0.0464. The van der Waals surface area contributed by atoms with E-state index >= 15 is 0 Å². The fourth-order valence-corrected chi connectivity index (χ4v) is 4.22. The summed E-state index contributed by atoms with van der Waals surface area (Å²) in [4.78, 5) is 14.7. The number of benzene rings is 2. The van der Waals surface area contributed by atoms with Crippen molar-refractivity contribution in [2.45, 2.75) is 6.92 Å². The summed E-state index contributed by atoms with van der Waals surface area (Å²) >= 11 is 18.6. The number of hydrogen-bond acceptors (Lipinski definition) is 5. The maximum atomic E-state index is 12.8. The molecule has 1 fully saturated rings. The lowest BCUT2D eigenvalue weighted by molar-refractivity contribution is -0.113. The molecule has 3 rings (SSSR count). The summed E-state index contributed by atoms with van der Waals surface area (Å²) in [7, 11) is 0. The fraction of sp³-hybridized carbons (Fsp3) is 0.111. The molecule has 0 spiro atoms. The number of carbonyl (C=O) groups is 1. The SMILES string of the molecule is CCOc1cc(/C=C2\SC(=S)N(c3cc(Cl)cc(Cl)c3)C2=O)ccc1O. The summed E-state index contributed by atoms with van der Waals surface area (Å²) in [6.45, 7) is 2.25. The van der Waals surface area contributed by atoms with Crippen molar-refractivity contribution < 1.29 is 14.6 Å². The third kappa shape index (κ3) is 3.99. The van der Waals surface area contributed by atoms with Gasteiger partial charge in [0, 0.05) is 10.0 Å². The Bertz CT molecular complexity index is 910. The Balaban J connectivity index is 1.93. The highest BCUT2D eigenvalue weighted by Crippen LogP contribution is 2.38. The van der Waals surface area contributed by atoms with Crippen LogP contribution in [0.3, 0.4) is 0 Å². The molecule has 0 bridgehead atoms. The fourth-order valence-electron chi connectivity index (χ4n) is 2.40. The zero-order chi connectivity index (χ0) is 18.8. The molecule has 26 heavy (non-hydrogen) atoms.